The number of hydrogen-bond acceptors (Lipinski definition) is 6. The van der Waals surface area contributed by atoms with Crippen LogP contribution in [0.15, 0.2) is 17.1 Å². The molecule has 0 spiro atoms. The van der Waals surface area contributed by atoms with Crippen molar-refractivity contribution in [2.24, 2.45) is 0 Å². The second kappa shape index (κ2) is 6.26. The van der Waals surface area contributed by atoms with Gasteiger partial charge in [-0.1, -0.05) is 0 Å². The molecule has 116 valence electrons. The van der Waals surface area contributed by atoms with Crippen molar-refractivity contribution in [3.63, 3.8) is 0 Å². The van der Waals surface area contributed by atoms with Crippen molar-refractivity contribution in [1.29, 1.82) is 0 Å². The first kappa shape index (κ1) is 15.5. The molecule has 2 heterocycles. The Morgan fingerprint density at radius 3 is 2.67 bits per heavy atom. The molecule has 0 aromatic carbocycles. The van der Waals surface area contributed by atoms with Crippen molar-refractivity contribution in [2.75, 3.05) is 25.1 Å². The van der Waals surface area contributed by atoms with Crippen LogP contribution in [0.2, 0.25) is 0 Å². The van der Waals surface area contributed by atoms with Crippen molar-refractivity contribution in [1.82, 2.24) is 9.78 Å². The minimum Gasteiger partial charge on any atom is -0.467 e. The van der Waals surface area contributed by atoms with Crippen LogP contribution in [-0.2, 0) is 16.1 Å². The van der Waals surface area contributed by atoms with E-state index in [4.69, 9.17) is 0 Å². The van der Waals surface area contributed by atoms with E-state index in [0.717, 1.165) is 36.3 Å². The third-order valence-electron chi connectivity index (χ3n) is 3.66. The summed E-state index contributed by atoms with van der Waals surface area (Å²) >= 11 is 0. The lowest BCUT2D eigenvalue weighted by molar-refractivity contribution is -0.162. The highest BCUT2D eigenvalue weighted by Crippen LogP contribution is 2.17. The predicted molar refractivity (Wildman–Crippen MR) is 77.2 cm³/mol. The minimum absolute atomic E-state index is 0.237. The molecule has 1 atom stereocenters. The zero-order chi connectivity index (χ0) is 15.5. The summed E-state index contributed by atoms with van der Waals surface area (Å²) in [5.41, 5.74) is -1.34. The largest absolute Gasteiger partial charge is 0.467 e. The van der Waals surface area contributed by atoms with Gasteiger partial charge in [-0.25, -0.2) is 9.48 Å². The number of esters is 1. The van der Waals surface area contributed by atoms with Gasteiger partial charge >= 0.3 is 5.97 Å². The molecule has 1 aliphatic rings. The van der Waals surface area contributed by atoms with Crippen LogP contribution in [0.4, 0.5) is 5.69 Å². The molecule has 1 aromatic heterocycles. The monoisotopic (exact) mass is 295 g/mol. The zero-order valence-electron chi connectivity index (χ0n) is 12.4. The lowest BCUT2D eigenvalue weighted by Crippen LogP contribution is -2.44. The fourth-order valence-electron chi connectivity index (χ4n) is 2.44. The molecule has 7 nitrogen and oxygen atoms in total. The fourth-order valence-corrected chi connectivity index (χ4v) is 2.44. The molecule has 0 amide bonds. The Bertz CT molecular complexity index is 562. The Kier molecular flexibility index (Phi) is 4.62. The van der Waals surface area contributed by atoms with Crippen molar-refractivity contribution in [2.45, 2.75) is 38.3 Å². The average molecular weight is 295 g/mol. The smallest absolute Gasteiger partial charge is 0.339 e. The van der Waals surface area contributed by atoms with Gasteiger partial charge in [0, 0.05) is 19.2 Å². The molecule has 2 rings (SSSR count). The highest BCUT2D eigenvalue weighted by atomic mass is 16.5. The van der Waals surface area contributed by atoms with E-state index < -0.39 is 11.6 Å². The van der Waals surface area contributed by atoms with Crippen LogP contribution in [0.3, 0.4) is 0 Å². The zero-order valence-corrected chi connectivity index (χ0v) is 12.4. The Hall–Kier alpha value is -1.89. The number of anilines is 1. The highest BCUT2D eigenvalue weighted by molar-refractivity contribution is 5.78. The summed E-state index contributed by atoms with van der Waals surface area (Å²) < 4.78 is 5.58. The Morgan fingerprint density at radius 1 is 1.43 bits per heavy atom. The van der Waals surface area contributed by atoms with Gasteiger partial charge in [0.1, 0.15) is 0 Å². The number of ether oxygens (including phenoxy) is 1. The number of hydrogen-bond donors (Lipinski definition) is 1. The van der Waals surface area contributed by atoms with Crippen molar-refractivity contribution in [3.8, 4) is 0 Å². The minimum atomic E-state index is -1.78. The Labute approximate surface area is 123 Å². The van der Waals surface area contributed by atoms with E-state index in [9.17, 15) is 14.7 Å². The molecule has 0 saturated carbocycles. The van der Waals surface area contributed by atoms with Gasteiger partial charge in [-0.3, -0.25) is 4.79 Å². The van der Waals surface area contributed by atoms with E-state index in [0.29, 0.717) is 0 Å². The van der Waals surface area contributed by atoms with Crippen molar-refractivity contribution >= 4 is 11.7 Å². The predicted octanol–water partition coefficient (Wildman–Crippen LogP) is 0.158. The molecular weight excluding hydrogens is 274 g/mol. The molecule has 1 aliphatic heterocycles. The normalized spacial score (nSPS) is 18.1. The number of methoxy groups -OCH3 is 1. The summed E-state index contributed by atoms with van der Waals surface area (Å²) in [5.74, 6) is -0.795. The molecule has 0 bridgehead atoms. The maximum absolute atomic E-state index is 12.1. The third-order valence-corrected chi connectivity index (χ3v) is 3.66. The summed E-state index contributed by atoms with van der Waals surface area (Å²) in [6.07, 6.45) is 5.03. The number of carbonyl (C=O) groups is 1. The first-order valence-corrected chi connectivity index (χ1v) is 7.07. The molecular formula is C14H21N3O4. The maximum atomic E-state index is 12.1. The van der Waals surface area contributed by atoms with Gasteiger partial charge in [-0.2, -0.15) is 5.10 Å². The standard InChI is InChI=1S/C14H21N3O4/c1-14(20,13(19)21-2)10-17-12(18)8-11(9-15-17)16-6-4-3-5-7-16/h8-9,20H,3-7,10H2,1-2H3. The number of piperidine rings is 1. The summed E-state index contributed by atoms with van der Waals surface area (Å²) in [6, 6.07) is 1.49. The van der Waals surface area contributed by atoms with E-state index in [1.165, 1.54) is 26.5 Å². The molecule has 1 aromatic rings. The number of nitrogens with zero attached hydrogens (tertiary/aromatic N) is 3. The molecule has 1 N–H and O–H groups in total. The quantitative estimate of drug-likeness (QED) is 0.796. The Balaban J connectivity index is 2.16. The van der Waals surface area contributed by atoms with E-state index in [-0.39, 0.29) is 12.1 Å². The highest BCUT2D eigenvalue weighted by Gasteiger charge is 2.32. The van der Waals surface area contributed by atoms with E-state index in [2.05, 4.69) is 14.7 Å². The fraction of sp³-hybridized carbons (Fsp3) is 0.643. The first-order valence-electron chi connectivity index (χ1n) is 7.07. The van der Waals surface area contributed by atoms with Gasteiger partial charge in [0.2, 0.25) is 0 Å². The lowest BCUT2D eigenvalue weighted by Gasteiger charge is -2.28. The van der Waals surface area contributed by atoms with Gasteiger partial charge in [0.15, 0.2) is 5.60 Å². The number of rotatable bonds is 4. The maximum Gasteiger partial charge on any atom is 0.339 e. The van der Waals surface area contributed by atoms with Crippen LogP contribution in [0.1, 0.15) is 26.2 Å². The SMILES string of the molecule is COC(=O)C(C)(O)Cn1ncc(N2CCCCC2)cc1=O. The lowest BCUT2D eigenvalue weighted by atomic mass is 10.1. The summed E-state index contributed by atoms with van der Waals surface area (Å²) in [4.78, 5) is 25.6. The molecule has 1 saturated heterocycles. The molecule has 0 aliphatic carbocycles. The van der Waals surface area contributed by atoms with Crippen LogP contribution in [0, 0.1) is 0 Å². The van der Waals surface area contributed by atoms with Gasteiger partial charge in [-0.05, 0) is 26.2 Å². The van der Waals surface area contributed by atoms with Gasteiger partial charge in [0.25, 0.3) is 5.56 Å². The first-order chi connectivity index (χ1) is 9.94. The summed E-state index contributed by atoms with van der Waals surface area (Å²) in [6.45, 7) is 2.90. The number of carbonyl (C=O) groups excluding carboxylic acids is 1. The van der Waals surface area contributed by atoms with Crippen molar-refractivity contribution < 1.29 is 14.6 Å². The van der Waals surface area contributed by atoms with E-state index >= 15 is 0 Å². The molecule has 21 heavy (non-hydrogen) atoms. The third kappa shape index (κ3) is 3.60. The van der Waals surface area contributed by atoms with Crippen molar-refractivity contribution in [3.05, 3.63) is 22.6 Å². The van der Waals surface area contributed by atoms with Crippen LogP contribution >= 0.6 is 0 Å². The number of aliphatic hydroxyl groups is 1. The molecule has 0 radical (unpaired) electrons. The van der Waals surface area contributed by atoms with Gasteiger partial charge in [0.05, 0.1) is 25.5 Å². The topological polar surface area (TPSA) is 84.7 Å². The Morgan fingerprint density at radius 2 is 2.10 bits per heavy atom. The van der Waals surface area contributed by atoms with Crippen LogP contribution in [0.5, 0.6) is 0 Å². The van der Waals surface area contributed by atoms with E-state index in [1.807, 2.05) is 0 Å². The van der Waals surface area contributed by atoms with E-state index in [1.54, 1.807) is 6.20 Å². The summed E-state index contributed by atoms with van der Waals surface area (Å²) in [7, 11) is 1.19. The molecule has 7 heteroatoms. The second-order valence-corrected chi connectivity index (χ2v) is 5.52. The van der Waals surface area contributed by atoms with Gasteiger partial charge in [-0.15, -0.1) is 0 Å². The number of aromatic nitrogens is 2. The average Bonchev–Trinajstić information content (AvgIpc) is 2.49. The van der Waals surface area contributed by atoms with Crippen LogP contribution in [0.25, 0.3) is 0 Å². The second-order valence-electron chi connectivity index (χ2n) is 5.52. The van der Waals surface area contributed by atoms with Crippen LogP contribution in [-0.4, -0.2) is 46.7 Å². The molecule has 1 unspecified atom stereocenters. The molecule has 1 fully saturated rings. The van der Waals surface area contributed by atoms with Crippen LogP contribution < -0.4 is 10.5 Å². The summed E-state index contributed by atoms with van der Waals surface area (Å²) in [5, 5.41) is 14.0. The van der Waals surface area contributed by atoms with Gasteiger partial charge < -0.3 is 14.7 Å².